The molecule has 0 atom stereocenters. The summed E-state index contributed by atoms with van der Waals surface area (Å²) in [4.78, 5) is 6.75. The number of nitrogens with one attached hydrogen (secondary N) is 1. The molecular weight excluding hydrogens is 258 g/mol. The van der Waals surface area contributed by atoms with Gasteiger partial charge in [-0.15, -0.1) is 0 Å². The minimum Gasteiger partial charge on any atom is -0.314 e. The summed E-state index contributed by atoms with van der Waals surface area (Å²) >= 11 is 6.00. The minimum atomic E-state index is 0.381. The first kappa shape index (κ1) is 13.3. The summed E-state index contributed by atoms with van der Waals surface area (Å²) in [5, 5.41) is 4.19. The predicted octanol–water partition coefficient (Wildman–Crippen LogP) is 2.84. The second-order valence-corrected chi connectivity index (χ2v) is 6.26. The first-order valence-electron chi connectivity index (χ1n) is 7.35. The van der Waals surface area contributed by atoms with E-state index in [9.17, 15) is 0 Å². The molecule has 1 aliphatic carbocycles. The Kier molecular flexibility index (Phi) is 4.06. The number of piperazine rings is 1. The Morgan fingerprint density at radius 3 is 2.95 bits per heavy atom. The highest BCUT2D eigenvalue weighted by atomic mass is 35.5. The molecule has 2 fully saturated rings. The van der Waals surface area contributed by atoms with Crippen molar-refractivity contribution < 1.29 is 0 Å². The molecule has 1 aromatic heterocycles. The van der Waals surface area contributed by atoms with Crippen molar-refractivity contribution in [1.29, 1.82) is 0 Å². The van der Waals surface area contributed by atoms with Crippen LogP contribution in [0.5, 0.6) is 0 Å². The molecule has 0 bridgehead atoms. The van der Waals surface area contributed by atoms with Crippen molar-refractivity contribution >= 4 is 11.6 Å². The van der Waals surface area contributed by atoms with Crippen LogP contribution < -0.4 is 5.32 Å². The van der Waals surface area contributed by atoms with Crippen LogP contribution in [0, 0.1) is 0 Å². The highest BCUT2D eigenvalue weighted by Crippen LogP contribution is 2.35. The first-order valence-corrected chi connectivity index (χ1v) is 7.73. The maximum atomic E-state index is 6.00. The molecule has 1 aliphatic heterocycles. The van der Waals surface area contributed by atoms with Crippen molar-refractivity contribution in [3.05, 3.63) is 29.0 Å². The van der Waals surface area contributed by atoms with E-state index < -0.39 is 0 Å². The largest absolute Gasteiger partial charge is 0.314 e. The van der Waals surface area contributed by atoms with Gasteiger partial charge in [-0.3, -0.25) is 4.90 Å². The van der Waals surface area contributed by atoms with Gasteiger partial charge in [-0.2, -0.15) is 0 Å². The van der Waals surface area contributed by atoms with Gasteiger partial charge >= 0.3 is 0 Å². The van der Waals surface area contributed by atoms with Crippen LogP contribution in [0.2, 0.25) is 5.15 Å². The number of nitrogens with zero attached hydrogens (tertiary/aromatic N) is 2. The lowest BCUT2D eigenvalue weighted by Crippen LogP contribution is -2.61. The first-order chi connectivity index (χ1) is 9.28. The second kappa shape index (κ2) is 5.78. The van der Waals surface area contributed by atoms with Gasteiger partial charge in [0, 0.05) is 37.9 Å². The summed E-state index contributed by atoms with van der Waals surface area (Å²) in [6.45, 7) is 4.39. The van der Waals surface area contributed by atoms with E-state index in [1.807, 2.05) is 12.3 Å². The van der Waals surface area contributed by atoms with Crippen LogP contribution in [-0.2, 0) is 6.54 Å². The SMILES string of the molecule is Clc1cc(CN2CCNCC23CCCCC3)ccn1. The standard InChI is InChI=1S/C15H22ClN3/c16-14-10-13(4-7-18-14)11-19-9-8-17-12-15(19)5-2-1-3-6-15/h4,7,10,17H,1-3,5-6,8-9,11-12H2. The fraction of sp³-hybridized carbons (Fsp3) is 0.667. The Balaban J connectivity index is 1.77. The van der Waals surface area contributed by atoms with E-state index in [-0.39, 0.29) is 0 Å². The van der Waals surface area contributed by atoms with Crippen LogP contribution in [0.4, 0.5) is 0 Å². The highest BCUT2D eigenvalue weighted by Gasteiger charge is 2.39. The molecule has 19 heavy (non-hydrogen) atoms. The fourth-order valence-corrected chi connectivity index (χ4v) is 3.79. The molecule has 0 radical (unpaired) electrons. The number of aromatic nitrogens is 1. The number of hydrogen-bond acceptors (Lipinski definition) is 3. The Morgan fingerprint density at radius 1 is 1.32 bits per heavy atom. The predicted molar refractivity (Wildman–Crippen MR) is 78.3 cm³/mol. The lowest BCUT2D eigenvalue weighted by Gasteiger charge is -2.50. The summed E-state index contributed by atoms with van der Waals surface area (Å²) in [6.07, 6.45) is 8.62. The van der Waals surface area contributed by atoms with Crippen LogP contribution in [0.25, 0.3) is 0 Å². The van der Waals surface area contributed by atoms with Crippen molar-refractivity contribution in [2.75, 3.05) is 19.6 Å². The van der Waals surface area contributed by atoms with Gasteiger partial charge < -0.3 is 5.32 Å². The van der Waals surface area contributed by atoms with Gasteiger partial charge in [0.25, 0.3) is 0 Å². The summed E-state index contributed by atoms with van der Waals surface area (Å²) in [7, 11) is 0. The summed E-state index contributed by atoms with van der Waals surface area (Å²) < 4.78 is 0. The highest BCUT2D eigenvalue weighted by molar-refractivity contribution is 6.29. The van der Waals surface area contributed by atoms with Crippen LogP contribution >= 0.6 is 11.6 Å². The van der Waals surface area contributed by atoms with Crippen molar-refractivity contribution in [2.24, 2.45) is 0 Å². The Labute approximate surface area is 120 Å². The Morgan fingerprint density at radius 2 is 2.16 bits per heavy atom. The maximum absolute atomic E-state index is 6.00. The van der Waals surface area contributed by atoms with Crippen molar-refractivity contribution in [1.82, 2.24) is 15.2 Å². The molecule has 104 valence electrons. The second-order valence-electron chi connectivity index (χ2n) is 5.87. The molecule has 1 saturated heterocycles. The van der Waals surface area contributed by atoms with E-state index in [2.05, 4.69) is 21.3 Å². The van der Waals surface area contributed by atoms with Crippen LogP contribution in [0.3, 0.4) is 0 Å². The van der Waals surface area contributed by atoms with Gasteiger partial charge in [0.05, 0.1) is 0 Å². The molecular formula is C15H22ClN3. The number of rotatable bonds is 2. The molecule has 1 saturated carbocycles. The van der Waals surface area contributed by atoms with Crippen LogP contribution in [-0.4, -0.2) is 35.1 Å². The zero-order valence-corrected chi connectivity index (χ0v) is 12.1. The molecule has 0 aromatic carbocycles. The lowest BCUT2D eigenvalue weighted by molar-refractivity contribution is 0.0209. The molecule has 2 aliphatic rings. The van der Waals surface area contributed by atoms with Gasteiger partial charge in [0.1, 0.15) is 5.15 Å². The molecule has 2 heterocycles. The van der Waals surface area contributed by atoms with E-state index in [0.29, 0.717) is 10.7 Å². The Bertz CT molecular complexity index is 421. The van der Waals surface area contributed by atoms with Gasteiger partial charge in [-0.25, -0.2) is 4.98 Å². The Hall–Kier alpha value is -0.640. The van der Waals surface area contributed by atoms with Crippen LogP contribution in [0.1, 0.15) is 37.7 Å². The minimum absolute atomic E-state index is 0.381. The molecule has 1 N–H and O–H groups in total. The normalized spacial score (nSPS) is 23.6. The average molecular weight is 280 g/mol. The number of hydrogen-bond donors (Lipinski definition) is 1. The third-order valence-electron chi connectivity index (χ3n) is 4.63. The molecule has 1 spiro atoms. The topological polar surface area (TPSA) is 28.2 Å². The quantitative estimate of drug-likeness (QED) is 0.844. The average Bonchev–Trinajstić information content (AvgIpc) is 2.43. The van der Waals surface area contributed by atoms with Gasteiger partial charge in [0.15, 0.2) is 0 Å². The zero-order chi connectivity index (χ0) is 13.1. The fourth-order valence-electron chi connectivity index (χ4n) is 3.60. The van der Waals surface area contributed by atoms with Gasteiger partial charge in [-0.1, -0.05) is 30.9 Å². The molecule has 0 amide bonds. The summed E-state index contributed by atoms with van der Waals surface area (Å²) in [6, 6.07) is 4.09. The molecule has 1 aromatic rings. The van der Waals surface area contributed by atoms with Crippen molar-refractivity contribution in [3.63, 3.8) is 0 Å². The van der Waals surface area contributed by atoms with E-state index in [4.69, 9.17) is 11.6 Å². The summed E-state index contributed by atoms with van der Waals surface area (Å²) in [5.74, 6) is 0. The van der Waals surface area contributed by atoms with E-state index >= 15 is 0 Å². The van der Waals surface area contributed by atoms with Crippen molar-refractivity contribution in [2.45, 2.75) is 44.2 Å². The third kappa shape index (κ3) is 2.93. The molecule has 4 heteroatoms. The monoisotopic (exact) mass is 279 g/mol. The third-order valence-corrected chi connectivity index (χ3v) is 4.84. The lowest BCUT2D eigenvalue weighted by atomic mass is 9.79. The van der Waals surface area contributed by atoms with Gasteiger partial charge in [-0.05, 0) is 30.5 Å². The molecule has 3 nitrogen and oxygen atoms in total. The van der Waals surface area contributed by atoms with Gasteiger partial charge in [0.2, 0.25) is 0 Å². The van der Waals surface area contributed by atoms with Crippen molar-refractivity contribution in [3.8, 4) is 0 Å². The van der Waals surface area contributed by atoms with Crippen LogP contribution in [0.15, 0.2) is 18.3 Å². The van der Waals surface area contributed by atoms with E-state index in [1.54, 1.807) is 0 Å². The number of pyridine rings is 1. The zero-order valence-electron chi connectivity index (χ0n) is 11.4. The molecule has 0 unspecified atom stereocenters. The molecule has 3 rings (SSSR count). The summed E-state index contributed by atoms with van der Waals surface area (Å²) in [5.41, 5.74) is 1.67. The smallest absolute Gasteiger partial charge is 0.129 e. The maximum Gasteiger partial charge on any atom is 0.129 e. The number of halogens is 1. The van der Waals surface area contributed by atoms with E-state index in [0.717, 1.165) is 26.2 Å². The van der Waals surface area contributed by atoms with E-state index in [1.165, 1.54) is 37.7 Å².